The van der Waals surface area contributed by atoms with Crippen molar-refractivity contribution in [3.05, 3.63) is 42.5 Å². The van der Waals surface area contributed by atoms with Crippen molar-refractivity contribution < 1.29 is 0 Å². The van der Waals surface area contributed by atoms with Gasteiger partial charge in [-0.05, 0) is 36.5 Å². The van der Waals surface area contributed by atoms with Gasteiger partial charge < -0.3 is 0 Å². The summed E-state index contributed by atoms with van der Waals surface area (Å²) in [6, 6.07) is 10.2. The summed E-state index contributed by atoms with van der Waals surface area (Å²) in [5.41, 5.74) is 2.61. The highest BCUT2D eigenvalue weighted by molar-refractivity contribution is 5.97. The van der Waals surface area contributed by atoms with Crippen LogP contribution in [-0.2, 0) is 0 Å². The lowest BCUT2D eigenvalue weighted by Gasteiger charge is -2.26. The molecule has 0 saturated carbocycles. The minimum atomic E-state index is 0.363. The molecule has 0 heterocycles. The minimum absolute atomic E-state index is 0.363. The molecule has 1 aromatic rings. The van der Waals surface area contributed by atoms with E-state index in [-0.39, 0.29) is 0 Å². The molecule has 0 N–H and O–H groups in total. The molecule has 0 aliphatic heterocycles. The lowest BCUT2D eigenvalue weighted by Crippen LogP contribution is -2.18. The van der Waals surface area contributed by atoms with Crippen LogP contribution in [0.25, 0.3) is 0 Å². The van der Waals surface area contributed by atoms with Gasteiger partial charge in [0, 0.05) is 5.71 Å². The Balaban J connectivity index is 2.22. The number of hydrogen-bond acceptors (Lipinski definition) is 1. The number of hydrogen-bond donors (Lipinski definition) is 0. The van der Waals surface area contributed by atoms with Gasteiger partial charge >= 0.3 is 0 Å². The van der Waals surface area contributed by atoms with Crippen molar-refractivity contribution in [1.29, 1.82) is 0 Å². The number of rotatable bonds is 1. The minimum Gasteiger partial charge on any atom is -0.253 e. The summed E-state index contributed by atoms with van der Waals surface area (Å²) in [4.78, 5) is 4.64. The first-order chi connectivity index (χ1) is 7.16. The SMILES string of the molecule is CC1(C)CC=CC(=Nc2ccccc2)C1. The molecule has 0 atom stereocenters. The highest BCUT2D eigenvalue weighted by Crippen LogP contribution is 2.30. The van der Waals surface area contributed by atoms with Crippen molar-refractivity contribution >= 4 is 11.4 Å². The van der Waals surface area contributed by atoms with Gasteiger partial charge in [0.05, 0.1) is 5.69 Å². The number of para-hydroxylation sites is 1. The molecule has 0 aromatic heterocycles. The molecule has 0 saturated heterocycles. The van der Waals surface area contributed by atoms with Gasteiger partial charge in [-0.2, -0.15) is 0 Å². The summed E-state index contributed by atoms with van der Waals surface area (Å²) in [5, 5.41) is 0. The summed E-state index contributed by atoms with van der Waals surface area (Å²) in [6.07, 6.45) is 6.60. The summed E-state index contributed by atoms with van der Waals surface area (Å²) in [7, 11) is 0. The monoisotopic (exact) mass is 199 g/mol. The van der Waals surface area contributed by atoms with Crippen LogP contribution in [0.5, 0.6) is 0 Å². The Bertz CT molecular complexity index is 385. The van der Waals surface area contributed by atoms with E-state index < -0.39 is 0 Å². The molecule has 1 aliphatic rings. The Morgan fingerprint density at radius 1 is 1.13 bits per heavy atom. The number of benzene rings is 1. The van der Waals surface area contributed by atoms with Crippen LogP contribution in [0.2, 0.25) is 0 Å². The Labute approximate surface area is 91.6 Å². The van der Waals surface area contributed by atoms with Crippen molar-refractivity contribution in [1.82, 2.24) is 0 Å². The van der Waals surface area contributed by atoms with Crippen LogP contribution < -0.4 is 0 Å². The molecule has 0 radical (unpaired) electrons. The summed E-state index contributed by atoms with van der Waals surface area (Å²) < 4.78 is 0. The zero-order chi connectivity index (χ0) is 10.7. The van der Waals surface area contributed by atoms with Crippen LogP contribution >= 0.6 is 0 Å². The topological polar surface area (TPSA) is 12.4 Å². The predicted molar refractivity (Wildman–Crippen MR) is 65.7 cm³/mol. The third-order valence-electron chi connectivity index (χ3n) is 2.67. The maximum Gasteiger partial charge on any atom is 0.0632 e. The molecule has 1 aromatic carbocycles. The van der Waals surface area contributed by atoms with E-state index in [0.29, 0.717) is 5.41 Å². The Kier molecular flexibility index (Phi) is 2.72. The van der Waals surface area contributed by atoms with Crippen LogP contribution in [0.15, 0.2) is 47.5 Å². The fourth-order valence-electron chi connectivity index (χ4n) is 1.88. The van der Waals surface area contributed by atoms with Gasteiger partial charge in [-0.3, -0.25) is 4.99 Å². The molecular formula is C14H17N. The van der Waals surface area contributed by atoms with Crippen LogP contribution in [0, 0.1) is 5.41 Å². The Morgan fingerprint density at radius 2 is 1.87 bits per heavy atom. The first kappa shape index (κ1) is 10.2. The molecule has 1 heteroatoms. The molecule has 0 amide bonds. The second kappa shape index (κ2) is 4.01. The van der Waals surface area contributed by atoms with Gasteiger partial charge in [0.25, 0.3) is 0 Å². The van der Waals surface area contributed by atoms with E-state index in [1.165, 1.54) is 5.71 Å². The molecule has 15 heavy (non-hydrogen) atoms. The smallest absolute Gasteiger partial charge is 0.0632 e. The number of nitrogens with zero attached hydrogens (tertiary/aromatic N) is 1. The quantitative estimate of drug-likeness (QED) is 0.644. The van der Waals surface area contributed by atoms with Gasteiger partial charge in [-0.25, -0.2) is 0 Å². The van der Waals surface area contributed by atoms with Crippen LogP contribution in [0.1, 0.15) is 26.7 Å². The molecule has 0 bridgehead atoms. The fourth-order valence-corrected chi connectivity index (χ4v) is 1.88. The molecular weight excluding hydrogens is 182 g/mol. The normalized spacial score (nSPS) is 21.9. The van der Waals surface area contributed by atoms with Gasteiger partial charge in [0.15, 0.2) is 0 Å². The summed E-state index contributed by atoms with van der Waals surface area (Å²) in [6.45, 7) is 4.58. The standard InChI is InChI=1S/C14H17N/c1-14(2)10-6-9-13(11-14)15-12-7-4-3-5-8-12/h3-9H,10-11H2,1-2H3. The summed E-state index contributed by atoms with van der Waals surface area (Å²) >= 11 is 0. The summed E-state index contributed by atoms with van der Waals surface area (Å²) in [5.74, 6) is 0. The van der Waals surface area contributed by atoms with Gasteiger partial charge in [0.2, 0.25) is 0 Å². The molecule has 2 rings (SSSR count). The van der Waals surface area contributed by atoms with Crippen molar-refractivity contribution in [2.45, 2.75) is 26.7 Å². The average molecular weight is 199 g/mol. The van der Waals surface area contributed by atoms with E-state index in [4.69, 9.17) is 0 Å². The molecule has 1 nitrogen and oxygen atoms in total. The maximum absolute atomic E-state index is 4.64. The van der Waals surface area contributed by atoms with Crippen LogP contribution in [0.4, 0.5) is 5.69 Å². The van der Waals surface area contributed by atoms with Crippen LogP contribution in [0.3, 0.4) is 0 Å². The molecule has 0 unspecified atom stereocenters. The second-order valence-electron chi connectivity index (χ2n) is 4.89. The van der Waals surface area contributed by atoms with Gasteiger partial charge in [0.1, 0.15) is 0 Å². The maximum atomic E-state index is 4.64. The van der Waals surface area contributed by atoms with Gasteiger partial charge in [-0.15, -0.1) is 0 Å². The zero-order valence-corrected chi connectivity index (χ0v) is 9.40. The first-order valence-corrected chi connectivity index (χ1v) is 5.45. The third kappa shape index (κ3) is 2.79. The molecule has 0 fully saturated rings. The van der Waals surface area contributed by atoms with Gasteiger partial charge in [-0.1, -0.05) is 38.1 Å². The van der Waals surface area contributed by atoms with Crippen molar-refractivity contribution in [3.8, 4) is 0 Å². The lowest BCUT2D eigenvalue weighted by atomic mass is 9.80. The number of aliphatic imine (C=N–C) groups is 1. The number of allylic oxidation sites excluding steroid dienone is 2. The molecule has 1 aliphatic carbocycles. The van der Waals surface area contributed by atoms with Crippen LogP contribution in [-0.4, -0.2) is 5.71 Å². The Morgan fingerprint density at radius 3 is 2.53 bits per heavy atom. The third-order valence-corrected chi connectivity index (χ3v) is 2.67. The Hall–Kier alpha value is -1.37. The van der Waals surface area contributed by atoms with E-state index in [9.17, 15) is 0 Å². The van der Waals surface area contributed by atoms with Crippen molar-refractivity contribution in [2.24, 2.45) is 10.4 Å². The fraction of sp³-hybridized carbons (Fsp3) is 0.357. The average Bonchev–Trinajstić information content (AvgIpc) is 2.17. The van der Waals surface area contributed by atoms with Crippen molar-refractivity contribution in [2.75, 3.05) is 0 Å². The van der Waals surface area contributed by atoms with E-state index in [1.54, 1.807) is 0 Å². The largest absolute Gasteiger partial charge is 0.253 e. The molecule has 78 valence electrons. The zero-order valence-electron chi connectivity index (χ0n) is 9.40. The molecule has 0 spiro atoms. The highest BCUT2D eigenvalue weighted by Gasteiger charge is 2.21. The highest BCUT2D eigenvalue weighted by atomic mass is 14.7. The van der Waals surface area contributed by atoms with E-state index >= 15 is 0 Å². The predicted octanol–water partition coefficient (Wildman–Crippen LogP) is 4.14. The first-order valence-electron chi connectivity index (χ1n) is 5.45. The van der Waals surface area contributed by atoms with E-state index in [0.717, 1.165) is 18.5 Å². The van der Waals surface area contributed by atoms with E-state index in [1.807, 2.05) is 30.3 Å². The lowest BCUT2D eigenvalue weighted by molar-refractivity contribution is 0.384. The van der Waals surface area contributed by atoms with Crippen molar-refractivity contribution in [3.63, 3.8) is 0 Å². The second-order valence-corrected chi connectivity index (χ2v) is 4.89. The van der Waals surface area contributed by atoms with E-state index in [2.05, 4.69) is 31.0 Å².